The van der Waals surface area contributed by atoms with Gasteiger partial charge in [-0.05, 0) is 30.3 Å². The third-order valence-electron chi connectivity index (χ3n) is 3.71. The van der Waals surface area contributed by atoms with E-state index in [0.717, 1.165) is 36.7 Å². The number of Topliss-reactive ketones (excluding diaryl/α,β-unsaturated/α-hetero) is 1. The van der Waals surface area contributed by atoms with E-state index in [-0.39, 0.29) is 0 Å². The molecular weight excluding hydrogens is 160 g/mol. The van der Waals surface area contributed by atoms with E-state index in [0.29, 0.717) is 5.78 Å². The maximum atomic E-state index is 11.3. The van der Waals surface area contributed by atoms with Crippen molar-refractivity contribution in [3.05, 3.63) is 12.2 Å². The molecule has 2 fully saturated rings. The van der Waals surface area contributed by atoms with Gasteiger partial charge in [0.1, 0.15) is 0 Å². The second-order valence-electron chi connectivity index (χ2n) is 4.57. The van der Waals surface area contributed by atoms with Gasteiger partial charge in [-0.3, -0.25) is 4.79 Å². The summed E-state index contributed by atoms with van der Waals surface area (Å²) in [5.74, 6) is 2.01. The van der Waals surface area contributed by atoms with Crippen molar-refractivity contribution in [3.63, 3.8) is 0 Å². The monoisotopic (exact) mass is 178 g/mol. The summed E-state index contributed by atoms with van der Waals surface area (Å²) in [5, 5.41) is 0. The first-order valence-corrected chi connectivity index (χ1v) is 5.48. The van der Waals surface area contributed by atoms with Crippen LogP contribution in [0.25, 0.3) is 0 Å². The Morgan fingerprint density at radius 3 is 2.38 bits per heavy atom. The predicted octanol–water partition coefficient (Wildman–Crippen LogP) is 3.10. The van der Waals surface area contributed by atoms with Crippen LogP contribution in [0.4, 0.5) is 0 Å². The molecular formula is C12H18O. The van der Waals surface area contributed by atoms with Gasteiger partial charge >= 0.3 is 0 Å². The molecule has 0 aromatic heterocycles. The Bertz CT molecular complexity index is 223. The molecule has 2 aliphatic carbocycles. The minimum Gasteiger partial charge on any atom is -0.295 e. The summed E-state index contributed by atoms with van der Waals surface area (Å²) < 4.78 is 0. The third kappa shape index (κ3) is 1.84. The highest BCUT2D eigenvalue weighted by Gasteiger charge is 2.29. The number of hydrogen-bond acceptors (Lipinski definition) is 1. The highest BCUT2D eigenvalue weighted by Crippen LogP contribution is 2.39. The minimum atomic E-state index is 0.314. The zero-order valence-electron chi connectivity index (χ0n) is 8.22. The lowest BCUT2D eigenvalue weighted by Gasteiger charge is -2.27. The standard InChI is InChI=1S/C12H18O/c1-9-8-11(6-7-12(9)13)10-4-2-3-5-10/h10-11H,1-8H2. The molecule has 2 aliphatic rings. The lowest BCUT2D eigenvalue weighted by atomic mass is 9.77. The van der Waals surface area contributed by atoms with Crippen molar-refractivity contribution in [3.8, 4) is 0 Å². The quantitative estimate of drug-likeness (QED) is 0.564. The van der Waals surface area contributed by atoms with Gasteiger partial charge in [0.2, 0.25) is 0 Å². The second kappa shape index (κ2) is 3.65. The van der Waals surface area contributed by atoms with Crippen molar-refractivity contribution in [1.82, 2.24) is 0 Å². The number of carbonyl (C=O) groups is 1. The number of hydrogen-bond donors (Lipinski definition) is 0. The molecule has 0 amide bonds. The molecule has 1 nitrogen and oxygen atoms in total. The SMILES string of the molecule is C=C1CC(C2CCCC2)CCC1=O. The second-order valence-corrected chi connectivity index (χ2v) is 4.57. The maximum absolute atomic E-state index is 11.3. The molecule has 2 rings (SSSR count). The molecule has 0 heterocycles. The average Bonchev–Trinajstić information content (AvgIpc) is 2.62. The average molecular weight is 178 g/mol. The highest BCUT2D eigenvalue weighted by atomic mass is 16.1. The van der Waals surface area contributed by atoms with Crippen molar-refractivity contribution < 1.29 is 4.79 Å². The molecule has 0 aromatic rings. The Morgan fingerprint density at radius 2 is 1.77 bits per heavy atom. The van der Waals surface area contributed by atoms with Gasteiger partial charge in [-0.1, -0.05) is 32.3 Å². The van der Waals surface area contributed by atoms with Gasteiger partial charge in [0.15, 0.2) is 5.78 Å². The van der Waals surface area contributed by atoms with Gasteiger partial charge in [0, 0.05) is 6.42 Å². The van der Waals surface area contributed by atoms with E-state index in [1.807, 2.05) is 0 Å². The summed E-state index contributed by atoms with van der Waals surface area (Å²) in [7, 11) is 0. The number of ketones is 1. The highest BCUT2D eigenvalue weighted by molar-refractivity contribution is 5.95. The lowest BCUT2D eigenvalue weighted by molar-refractivity contribution is -0.117. The van der Waals surface area contributed by atoms with E-state index in [9.17, 15) is 4.79 Å². The van der Waals surface area contributed by atoms with Gasteiger partial charge in [0.25, 0.3) is 0 Å². The lowest BCUT2D eigenvalue weighted by Crippen LogP contribution is -2.21. The summed E-state index contributed by atoms with van der Waals surface area (Å²) in [4.78, 5) is 11.3. The van der Waals surface area contributed by atoms with Crippen LogP contribution < -0.4 is 0 Å². The van der Waals surface area contributed by atoms with Gasteiger partial charge in [-0.2, -0.15) is 0 Å². The first-order valence-electron chi connectivity index (χ1n) is 5.48. The molecule has 72 valence electrons. The van der Waals surface area contributed by atoms with Gasteiger partial charge < -0.3 is 0 Å². The predicted molar refractivity (Wildman–Crippen MR) is 53.4 cm³/mol. The number of allylic oxidation sites excluding steroid dienone is 1. The fraction of sp³-hybridized carbons (Fsp3) is 0.750. The minimum absolute atomic E-state index is 0.314. The van der Waals surface area contributed by atoms with Gasteiger partial charge in [0.05, 0.1) is 0 Å². The smallest absolute Gasteiger partial charge is 0.158 e. The normalized spacial score (nSPS) is 31.2. The largest absolute Gasteiger partial charge is 0.295 e. The van der Waals surface area contributed by atoms with E-state index in [2.05, 4.69) is 6.58 Å². The van der Waals surface area contributed by atoms with Crippen LogP contribution in [0.2, 0.25) is 0 Å². The summed E-state index contributed by atoms with van der Waals surface area (Å²) in [6.07, 6.45) is 8.48. The van der Waals surface area contributed by atoms with Crippen LogP contribution in [0.15, 0.2) is 12.2 Å². The Balaban J connectivity index is 1.94. The van der Waals surface area contributed by atoms with E-state index in [1.54, 1.807) is 0 Å². The van der Waals surface area contributed by atoms with E-state index < -0.39 is 0 Å². The summed E-state index contributed by atoms with van der Waals surface area (Å²) in [6, 6.07) is 0. The summed E-state index contributed by atoms with van der Waals surface area (Å²) in [5.41, 5.74) is 0.892. The van der Waals surface area contributed by atoms with Crippen LogP contribution >= 0.6 is 0 Å². The summed E-state index contributed by atoms with van der Waals surface area (Å²) in [6.45, 7) is 3.87. The molecule has 1 heteroatoms. The molecule has 0 aliphatic heterocycles. The van der Waals surface area contributed by atoms with Gasteiger partial charge in [-0.15, -0.1) is 0 Å². The molecule has 0 radical (unpaired) electrons. The molecule has 0 bridgehead atoms. The molecule has 1 unspecified atom stereocenters. The van der Waals surface area contributed by atoms with Crippen LogP contribution in [0.3, 0.4) is 0 Å². The zero-order valence-corrected chi connectivity index (χ0v) is 8.22. The fourth-order valence-corrected chi connectivity index (χ4v) is 2.86. The van der Waals surface area contributed by atoms with Crippen molar-refractivity contribution >= 4 is 5.78 Å². The Morgan fingerprint density at radius 1 is 1.08 bits per heavy atom. The number of carbonyl (C=O) groups excluding carboxylic acids is 1. The third-order valence-corrected chi connectivity index (χ3v) is 3.71. The van der Waals surface area contributed by atoms with Crippen LogP contribution in [-0.2, 0) is 4.79 Å². The first kappa shape index (κ1) is 8.98. The van der Waals surface area contributed by atoms with Crippen LogP contribution in [-0.4, -0.2) is 5.78 Å². The molecule has 0 aromatic carbocycles. The molecule has 0 N–H and O–H groups in total. The Hall–Kier alpha value is -0.590. The van der Waals surface area contributed by atoms with Crippen LogP contribution in [0.5, 0.6) is 0 Å². The first-order chi connectivity index (χ1) is 6.27. The molecule has 1 atom stereocenters. The van der Waals surface area contributed by atoms with Gasteiger partial charge in [-0.25, -0.2) is 0 Å². The fourth-order valence-electron chi connectivity index (χ4n) is 2.86. The summed E-state index contributed by atoms with van der Waals surface area (Å²) >= 11 is 0. The molecule has 0 saturated heterocycles. The van der Waals surface area contributed by atoms with E-state index in [1.165, 1.54) is 25.7 Å². The van der Waals surface area contributed by atoms with E-state index in [4.69, 9.17) is 0 Å². The molecule has 0 spiro atoms. The van der Waals surface area contributed by atoms with Crippen molar-refractivity contribution in [2.45, 2.75) is 44.9 Å². The van der Waals surface area contributed by atoms with Crippen LogP contribution in [0.1, 0.15) is 44.9 Å². The molecule has 2 saturated carbocycles. The zero-order chi connectivity index (χ0) is 9.26. The van der Waals surface area contributed by atoms with Crippen molar-refractivity contribution in [2.75, 3.05) is 0 Å². The topological polar surface area (TPSA) is 17.1 Å². The maximum Gasteiger partial charge on any atom is 0.158 e. The van der Waals surface area contributed by atoms with Crippen molar-refractivity contribution in [2.24, 2.45) is 11.8 Å². The Labute approximate surface area is 80.2 Å². The van der Waals surface area contributed by atoms with E-state index >= 15 is 0 Å². The Kier molecular flexibility index (Phi) is 2.52. The molecule has 13 heavy (non-hydrogen) atoms. The number of rotatable bonds is 1. The van der Waals surface area contributed by atoms with Crippen molar-refractivity contribution in [1.29, 1.82) is 0 Å². The van der Waals surface area contributed by atoms with Crippen LogP contribution in [0, 0.1) is 11.8 Å².